The molecule has 7 heteroatoms. The molecule has 0 fully saturated rings. The smallest absolute Gasteiger partial charge is 0.300 e. The van der Waals surface area contributed by atoms with E-state index in [1.165, 1.54) is 0 Å². The van der Waals surface area contributed by atoms with Crippen LogP contribution in [0.4, 0.5) is 0 Å². The summed E-state index contributed by atoms with van der Waals surface area (Å²) in [5, 5.41) is 7.42. The maximum Gasteiger partial charge on any atom is 0.300 e. The number of carboxylic acid groups (broad SMARTS) is 1. The number of rotatable bonds is 0. The molecule has 60 valence electrons. The van der Waals surface area contributed by atoms with Gasteiger partial charge in [-0.05, 0) is 0 Å². The molecular formula is C2H8Cl4O2Ti. The van der Waals surface area contributed by atoms with Crippen molar-refractivity contribution >= 4 is 55.6 Å². The van der Waals surface area contributed by atoms with Crippen molar-refractivity contribution in [3.8, 4) is 0 Å². The van der Waals surface area contributed by atoms with Crippen molar-refractivity contribution in [2.45, 2.75) is 6.92 Å². The zero-order chi connectivity index (χ0) is 3.58. The van der Waals surface area contributed by atoms with Gasteiger partial charge in [0, 0.05) is 28.6 Å². The molecule has 0 atom stereocenters. The van der Waals surface area contributed by atoms with Gasteiger partial charge >= 0.3 is 0 Å². The van der Waals surface area contributed by atoms with Gasteiger partial charge in [0.15, 0.2) is 0 Å². The van der Waals surface area contributed by atoms with E-state index in [2.05, 4.69) is 0 Å². The van der Waals surface area contributed by atoms with Gasteiger partial charge in [-0.3, -0.25) is 4.79 Å². The monoisotopic (exact) mass is 252 g/mol. The van der Waals surface area contributed by atoms with Crippen molar-refractivity contribution in [2.75, 3.05) is 0 Å². The normalized spacial score (nSPS) is 2.78. The number of aliphatic carboxylic acids is 1. The predicted octanol–water partition coefficient (Wildman–Crippen LogP) is 1.78. The average Bonchev–Trinajstić information content (AvgIpc) is 0.811. The van der Waals surface area contributed by atoms with Crippen molar-refractivity contribution < 1.29 is 31.6 Å². The van der Waals surface area contributed by atoms with Crippen LogP contribution in [0.25, 0.3) is 0 Å². The molecule has 0 heterocycles. The van der Waals surface area contributed by atoms with Crippen LogP contribution in [0.5, 0.6) is 0 Å². The molecule has 0 amide bonds. The molecule has 0 aliphatic carbocycles. The summed E-state index contributed by atoms with van der Waals surface area (Å²) in [4.78, 5) is 9.00. The van der Waals surface area contributed by atoms with E-state index in [1.54, 1.807) is 0 Å². The van der Waals surface area contributed by atoms with Crippen molar-refractivity contribution in [3.05, 3.63) is 0 Å². The van der Waals surface area contributed by atoms with Crippen LogP contribution in [-0.2, 0) is 26.5 Å². The summed E-state index contributed by atoms with van der Waals surface area (Å²) in [7, 11) is 0. The molecule has 0 aliphatic rings. The molecule has 9 heavy (non-hydrogen) atoms. The molecule has 0 spiro atoms. The van der Waals surface area contributed by atoms with Gasteiger partial charge < -0.3 is 5.11 Å². The van der Waals surface area contributed by atoms with Gasteiger partial charge in [0.2, 0.25) is 0 Å². The number of hydrogen-bond acceptors (Lipinski definition) is 1. The number of hydrogen-bond donors (Lipinski definition) is 1. The second-order valence-corrected chi connectivity index (χ2v) is 0.519. The van der Waals surface area contributed by atoms with Crippen molar-refractivity contribution in [1.82, 2.24) is 0 Å². The Morgan fingerprint density at radius 2 is 1.11 bits per heavy atom. The van der Waals surface area contributed by atoms with Crippen molar-refractivity contribution in [1.29, 1.82) is 0 Å². The first-order chi connectivity index (χ1) is 1.73. The number of halogens is 4. The van der Waals surface area contributed by atoms with E-state index in [-0.39, 0.29) is 71.3 Å². The molecule has 0 bridgehead atoms. The van der Waals surface area contributed by atoms with E-state index in [1.807, 2.05) is 0 Å². The first kappa shape index (κ1) is 47.9. The summed E-state index contributed by atoms with van der Waals surface area (Å²) in [6, 6.07) is 0. The number of carboxylic acids is 1. The van der Waals surface area contributed by atoms with E-state index in [9.17, 15) is 0 Å². The maximum absolute atomic E-state index is 9.00. The van der Waals surface area contributed by atoms with Crippen molar-refractivity contribution in [2.24, 2.45) is 0 Å². The molecule has 1 N–H and O–H groups in total. The zero-order valence-electron chi connectivity index (χ0n) is 4.49. The van der Waals surface area contributed by atoms with Crippen LogP contribution in [0.15, 0.2) is 0 Å². The summed E-state index contributed by atoms with van der Waals surface area (Å²) in [6.45, 7) is 1.08. The van der Waals surface area contributed by atoms with Crippen LogP contribution in [0.2, 0.25) is 0 Å². The standard InChI is InChI=1S/C2H4O2.4ClH.Ti/c1-2(3)4;;;;;/h1H3,(H,3,4);4*1H;. The van der Waals surface area contributed by atoms with Gasteiger partial charge in [0.05, 0.1) is 0 Å². The van der Waals surface area contributed by atoms with Gasteiger partial charge in [-0.15, -0.1) is 49.6 Å². The minimum atomic E-state index is -0.833. The van der Waals surface area contributed by atoms with Gasteiger partial charge in [0.1, 0.15) is 0 Å². The molecule has 0 unspecified atom stereocenters. The number of carbonyl (C=O) groups is 1. The largest absolute Gasteiger partial charge is 0.481 e. The third-order valence-electron chi connectivity index (χ3n) is 0. The molecule has 0 saturated heterocycles. The van der Waals surface area contributed by atoms with Gasteiger partial charge in [-0.1, -0.05) is 0 Å². The van der Waals surface area contributed by atoms with E-state index in [0.29, 0.717) is 0 Å². The van der Waals surface area contributed by atoms with Crippen LogP contribution in [0.1, 0.15) is 6.92 Å². The minimum Gasteiger partial charge on any atom is -0.481 e. The Bertz CT molecular complexity index is 39.5. The molecule has 2 nitrogen and oxygen atoms in total. The Kier molecular flexibility index (Phi) is 183. The first-order valence-electron chi connectivity index (χ1n) is 0.928. The van der Waals surface area contributed by atoms with E-state index < -0.39 is 5.97 Å². The molecule has 0 aromatic rings. The van der Waals surface area contributed by atoms with Crippen LogP contribution in [0.3, 0.4) is 0 Å². The first-order valence-corrected chi connectivity index (χ1v) is 0.928. The molecule has 0 rings (SSSR count). The Morgan fingerprint density at radius 1 is 1.11 bits per heavy atom. The van der Waals surface area contributed by atoms with Crippen LogP contribution < -0.4 is 0 Å². The van der Waals surface area contributed by atoms with E-state index in [4.69, 9.17) is 9.90 Å². The molecule has 0 radical (unpaired) electrons. The Morgan fingerprint density at radius 3 is 1.11 bits per heavy atom. The summed E-state index contributed by atoms with van der Waals surface area (Å²) < 4.78 is 0. The van der Waals surface area contributed by atoms with Crippen LogP contribution in [0, 0.1) is 0 Å². The average molecular weight is 254 g/mol. The van der Waals surface area contributed by atoms with Crippen molar-refractivity contribution in [3.63, 3.8) is 0 Å². The topological polar surface area (TPSA) is 37.3 Å². The van der Waals surface area contributed by atoms with Crippen LogP contribution in [-0.4, -0.2) is 11.1 Å². The van der Waals surface area contributed by atoms with Crippen LogP contribution >= 0.6 is 49.6 Å². The summed E-state index contributed by atoms with van der Waals surface area (Å²) in [6.07, 6.45) is 0. The second-order valence-electron chi connectivity index (χ2n) is 0.519. The Labute approximate surface area is 93.7 Å². The Hall–Kier alpha value is 1.34. The van der Waals surface area contributed by atoms with Gasteiger partial charge in [-0.25, -0.2) is 0 Å². The molecule has 0 saturated carbocycles. The quantitative estimate of drug-likeness (QED) is 0.669. The second kappa shape index (κ2) is 34.5. The van der Waals surface area contributed by atoms with Gasteiger partial charge in [-0.2, -0.15) is 0 Å². The fraction of sp³-hybridized carbons (Fsp3) is 0.500. The molecule has 0 aromatic carbocycles. The van der Waals surface area contributed by atoms with E-state index >= 15 is 0 Å². The fourth-order valence-corrected chi connectivity index (χ4v) is 0. The maximum atomic E-state index is 9.00. The third-order valence-corrected chi connectivity index (χ3v) is 0. The molecular weight excluding hydrogens is 246 g/mol. The zero-order valence-corrected chi connectivity index (χ0v) is 9.32. The fourth-order valence-electron chi connectivity index (χ4n) is 0. The minimum absolute atomic E-state index is 0. The molecule has 0 aromatic heterocycles. The SMILES string of the molecule is CC(=O)O.Cl.Cl.Cl.Cl.[Ti]. The Balaban J connectivity index is -0.00000000450. The molecule has 0 aliphatic heterocycles. The van der Waals surface area contributed by atoms with E-state index in [0.717, 1.165) is 6.92 Å². The predicted molar refractivity (Wildman–Crippen MR) is 42.3 cm³/mol. The summed E-state index contributed by atoms with van der Waals surface area (Å²) in [5.41, 5.74) is 0. The summed E-state index contributed by atoms with van der Waals surface area (Å²) in [5.74, 6) is -0.833. The third kappa shape index (κ3) is 279. The van der Waals surface area contributed by atoms with Gasteiger partial charge in [0.25, 0.3) is 5.97 Å². The summed E-state index contributed by atoms with van der Waals surface area (Å²) >= 11 is 0.